The van der Waals surface area contributed by atoms with Crippen LogP contribution < -0.4 is 5.32 Å². The Morgan fingerprint density at radius 2 is 2.00 bits per heavy atom. The number of hydrogen-bond acceptors (Lipinski definition) is 3. The monoisotopic (exact) mass is 373 g/mol. The van der Waals surface area contributed by atoms with Gasteiger partial charge in [-0.15, -0.1) is 0 Å². The van der Waals surface area contributed by atoms with Crippen LogP contribution in [0.25, 0.3) is 0 Å². The average molecular weight is 375 g/mol. The van der Waals surface area contributed by atoms with E-state index in [1.54, 1.807) is 18.2 Å². The van der Waals surface area contributed by atoms with Crippen LogP contribution in [-0.2, 0) is 4.79 Å². The van der Waals surface area contributed by atoms with E-state index < -0.39 is 23.6 Å². The van der Waals surface area contributed by atoms with Crippen molar-refractivity contribution in [1.29, 1.82) is 0 Å². The Labute approximate surface area is 133 Å². The van der Waals surface area contributed by atoms with E-state index >= 15 is 0 Å². The van der Waals surface area contributed by atoms with Gasteiger partial charge in [0, 0.05) is 10.2 Å². The number of phenolic OH excluding ortho intramolecular Hbond substituents is 1. The number of hydrogen-bond donors (Lipinski definition) is 3. The standard InChI is InChI=1S/C14H10BrClFNO3/c15-9-6-8(2-3-10(9)16)18-13(14(20)21)7-1-4-12(19)11(17)5-7/h1-6,13,18-19H,(H,20,21). The summed E-state index contributed by atoms with van der Waals surface area (Å²) in [7, 11) is 0. The highest BCUT2D eigenvalue weighted by Crippen LogP contribution is 2.29. The van der Waals surface area contributed by atoms with Crippen LogP contribution in [-0.4, -0.2) is 16.2 Å². The van der Waals surface area contributed by atoms with Gasteiger partial charge in [0.05, 0.1) is 5.02 Å². The molecule has 0 aliphatic rings. The molecule has 0 saturated carbocycles. The molecule has 0 heterocycles. The molecule has 1 unspecified atom stereocenters. The van der Waals surface area contributed by atoms with Crippen LogP contribution in [0.5, 0.6) is 5.75 Å². The van der Waals surface area contributed by atoms with Crippen LogP contribution in [0.1, 0.15) is 11.6 Å². The van der Waals surface area contributed by atoms with Crippen LogP contribution in [0.3, 0.4) is 0 Å². The highest BCUT2D eigenvalue weighted by Gasteiger charge is 2.21. The summed E-state index contributed by atoms with van der Waals surface area (Å²) < 4.78 is 14.0. The van der Waals surface area contributed by atoms with Gasteiger partial charge in [0.15, 0.2) is 17.6 Å². The number of phenols is 1. The summed E-state index contributed by atoms with van der Waals surface area (Å²) in [6.45, 7) is 0. The maximum absolute atomic E-state index is 13.4. The van der Waals surface area contributed by atoms with Gasteiger partial charge >= 0.3 is 5.97 Å². The zero-order valence-corrected chi connectivity index (χ0v) is 12.8. The number of carboxylic acids is 1. The topological polar surface area (TPSA) is 69.6 Å². The molecule has 0 aliphatic carbocycles. The molecule has 0 bridgehead atoms. The van der Waals surface area contributed by atoms with Crippen molar-refractivity contribution >= 4 is 39.2 Å². The molecule has 0 aliphatic heterocycles. The maximum Gasteiger partial charge on any atom is 0.330 e. The summed E-state index contributed by atoms with van der Waals surface area (Å²) in [5.41, 5.74) is 0.691. The normalized spacial score (nSPS) is 12.0. The summed E-state index contributed by atoms with van der Waals surface area (Å²) in [5.74, 6) is -2.58. The minimum Gasteiger partial charge on any atom is -0.505 e. The van der Waals surface area contributed by atoms with E-state index in [1.807, 2.05) is 0 Å². The van der Waals surface area contributed by atoms with Crippen molar-refractivity contribution in [2.75, 3.05) is 5.32 Å². The van der Waals surface area contributed by atoms with Crippen molar-refractivity contribution in [2.24, 2.45) is 0 Å². The minimum atomic E-state index is -1.17. The number of nitrogens with one attached hydrogen (secondary N) is 1. The van der Waals surface area contributed by atoms with Crippen LogP contribution in [0.2, 0.25) is 5.02 Å². The molecule has 0 amide bonds. The molecule has 110 valence electrons. The largest absolute Gasteiger partial charge is 0.505 e. The number of aromatic hydroxyl groups is 1. The fourth-order valence-electron chi connectivity index (χ4n) is 1.74. The van der Waals surface area contributed by atoms with Crippen LogP contribution in [0.15, 0.2) is 40.9 Å². The fourth-order valence-corrected chi connectivity index (χ4v) is 2.24. The molecule has 0 spiro atoms. The van der Waals surface area contributed by atoms with Crippen LogP contribution in [0.4, 0.5) is 10.1 Å². The number of rotatable bonds is 4. The van der Waals surface area contributed by atoms with E-state index in [1.165, 1.54) is 6.07 Å². The highest BCUT2D eigenvalue weighted by molar-refractivity contribution is 9.10. The number of benzene rings is 2. The van der Waals surface area contributed by atoms with E-state index in [4.69, 9.17) is 16.7 Å². The highest BCUT2D eigenvalue weighted by atomic mass is 79.9. The summed E-state index contributed by atoms with van der Waals surface area (Å²) in [4.78, 5) is 11.4. The van der Waals surface area contributed by atoms with Gasteiger partial charge in [-0.2, -0.15) is 0 Å². The van der Waals surface area contributed by atoms with E-state index in [0.717, 1.165) is 12.1 Å². The third kappa shape index (κ3) is 3.65. The van der Waals surface area contributed by atoms with Crippen LogP contribution >= 0.6 is 27.5 Å². The summed E-state index contributed by atoms with van der Waals surface area (Å²) in [6.07, 6.45) is 0. The fraction of sp³-hybridized carbons (Fsp3) is 0.0714. The van der Waals surface area contributed by atoms with E-state index in [9.17, 15) is 14.3 Å². The molecule has 0 saturated heterocycles. The Balaban J connectivity index is 2.32. The zero-order valence-electron chi connectivity index (χ0n) is 10.5. The molecule has 4 nitrogen and oxygen atoms in total. The SMILES string of the molecule is O=C(O)C(Nc1ccc(Cl)c(Br)c1)c1ccc(O)c(F)c1. The van der Waals surface area contributed by atoms with Crippen molar-refractivity contribution in [1.82, 2.24) is 0 Å². The molecule has 0 radical (unpaired) electrons. The molecule has 2 aromatic carbocycles. The molecule has 2 rings (SSSR count). The lowest BCUT2D eigenvalue weighted by Gasteiger charge is -2.17. The van der Waals surface area contributed by atoms with Crippen molar-refractivity contribution < 1.29 is 19.4 Å². The Kier molecular flexibility index (Phi) is 4.69. The zero-order chi connectivity index (χ0) is 15.6. The Morgan fingerprint density at radius 3 is 2.57 bits per heavy atom. The summed E-state index contributed by atoms with van der Waals surface area (Å²) in [5, 5.41) is 21.7. The first-order valence-corrected chi connectivity index (χ1v) is 6.98. The quantitative estimate of drug-likeness (QED) is 0.751. The predicted octanol–water partition coefficient (Wildman–Crippen LogP) is 4.19. The van der Waals surface area contributed by atoms with Gasteiger partial charge < -0.3 is 15.5 Å². The van der Waals surface area contributed by atoms with Gasteiger partial charge in [0.2, 0.25) is 0 Å². The first-order chi connectivity index (χ1) is 9.88. The Morgan fingerprint density at radius 1 is 1.29 bits per heavy atom. The van der Waals surface area contributed by atoms with Crippen molar-refractivity contribution in [3.8, 4) is 5.75 Å². The Hall–Kier alpha value is -1.79. The van der Waals surface area contributed by atoms with Gasteiger partial charge in [-0.1, -0.05) is 17.7 Å². The average Bonchev–Trinajstić information content (AvgIpc) is 2.43. The van der Waals surface area contributed by atoms with Gasteiger partial charge in [-0.05, 0) is 51.8 Å². The first kappa shape index (κ1) is 15.6. The lowest BCUT2D eigenvalue weighted by molar-refractivity contribution is -0.138. The molecule has 0 fully saturated rings. The Bertz CT molecular complexity index is 696. The third-order valence-electron chi connectivity index (χ3n) is 2.78. The first-order valence-electron chi connectivity index (χ1n) is 5.81. The van der Waals surface area contributed by atoms with Gasteiger partial charge in [-0.3, -0.25) is 0 Å². The molecular weight excluding hydrogens is 365 g/mol. The minimum absolute atomic E-state index is 0.184. The molecule has 1 atom stereocenters. The third-order valence-corrected chi connectivity index (χ3v) is 4.00. The van der Waals surface area contributed by atoms with Gasteiger partial charge in [0.1, 0.15) is 0 Å². The van der Waals surface area contributed by atoms with Crippen LogP contribution in [0, 0.1) is 5.82 Å². The molecule has 7 heteroatoms. The van der Waals surface area contributed by atoms with Crippen molar-refractivity contribution in [3.63, 3.8) is 0 Å². The lowest BCUT2D eigenvalue weighted by Crippen LogP contribution is -2.20. The number of aliphatic carboxylic acids is 1. The van der Waals surface area contributed by atoms with Crippen molar-refractivity contribution in [2.45, 2.75) is 6.04 Å². The summed E-state index contributed by atoms with van der Waals surface area (Å²) >= 11 is 9.10. The smallest absolute Gasteiger partial charge is 0.330 e. The molecule has 21 heavy (non-hydrogen) atoms. The molecular formula is C14H10BrClFNO3. The number of anilines is 1. The second-order valence-corrected chi connectivity index (χ2v) is 5.52. The molecule has 2 aromatic rings. The maximum atomic E-state index is 13.4. The van der Waals surface area contributed by atoms with E-state index in [0.29, 0.717) is 15.2 Å². The molecule has 3 N–H and O–H groups in total. The van der Waals surface area contributed by atoms with Gasteiger partial charge in [-0.25, -0.2) is 9.18 Å². The number of halogens is 3. The van der Waals surface area contributed by atoms with E-state index in [2.05, 4.69) is 21.2 Å². The van der Waals surface area contributed by atoms with Gasteiger partial charge in [0.25, 0.3) is 0 Å². The summed E-state index contributed by atoms with van der Waals surface area (Å²) in [6, 6.07) is 7.11. The number of carboxylic acid groups (broad SMARTS) is 1. The second-order valence-electron chi connectivity index (χ2n) is 4.26. The second kappa shape index (κ2) is 6.32. The number of carbonyl (C=O) groups is 1. The lowest BCUT2D eigenvalue weighted by atomic mass is 10.1. The predicted molar refractivity (Wildman–Crippen MR) is 81.2 cm³/mol. The molecule has 0 aromatic heterocycles. The van der Waals surface area contributed by atoms with E-state index in [-0.39, 0.29) is 5.56 Å². The van der Waals surface area contributed by atoms with Crippen molar-refractivity contribution in [3.05, 3.63) is 57.3 Å².